The van der Waals surface area contributed by atoms with Gasteiger partial charge in [0.25, 0.3) is 0 Å². The van der Waals surface area contributed by atoms with Crippen molar-refractivity contribution >= 4 is 16.3 Å². The van der Waals surface area contributed by atoms with Gasteiger partial charge in [-0.2, -0.15) is 0 Å². The molecule has 3 heteroatoms. The van der Waals surface area contributed by atoms with Crippen molar-refractivity contribution < 1.29 is 0 Å². The SMILES string of the molecule is CC(C)c1cnc2sc3c(n12)CCCC3. The molecule has 0 fully saturated rings. The summed E-state index contributed by atoms with van der Waals surface area (Å²) in [5.41, 5.74) is 2.92. The molecular formula is C12H16N2S. The van der Waals surface area contributed by atoms with Crippen LogP contribution in [0.5, 0.6) is 0 Å². The van der Waals surface area contributed by atoms with Gasteiger partial charge in [-0.05, 0) is 31.6 Å². The van der Waals surface area contributed by atoms with E-state index in [-0.39, 0.29) is 0 Å². The van der Waals surface area contributed by atoms with Gasteiger partial charge in [0.1, 0.15) is 0 Å². The number of aryl methyl sites for hydroxylation is 2. The molecule has 0 spiro atoms. The molecule has 0 aliphatic heterocycles. The first-order valence-electron chi connectivity index (χ1n) is 5.75. The van der Waals surface area contributed by atoms with Crippen LogP contribution in [0.1, 0.15) is 48.9 Å². The molecule has 0 atom stereocenters. The van der Waals surface area contributed by atoms with Crippen molar-refractivity contribution in [2.75, 3.05) is 0 Å². The van der Waals surface area contributed by atoms with Crippen LogP contribution in [-0.4, -0.2) is 9.38 Å². The lowest BCUT2D eigenvalue weighted by molar-refractivity contribution is 0.664. The molecule has 2 aromatic heterocycles. The predicted octanol–water partition coefficient (Wildman–Crippen LogP) is 3.40. The minimum absolute atomic E-state index is 0.570. The summed E-state index contributed by atoms with van der Waals surface area (Å²) in [6, 6.07) is 0. The number of hydrogen-bond donors (Lipinski definition) is 0. The fourth-order valence-electron chi connectivity index (χ4n) is 2.42. The molecule has 0 N–H and O–H groups in total. The smallest absolute Gasteiger partial charge is 0.194 e. The summed E-state index contributed by atoms with van der Waals surface area (Å²) in [7, 11) is 0. The van der Waals surface area contributed by atoms with E-state index in [4.69, 9.17) is 0 Å². The Morgan fingerprint density at radius 1 is 1.33 bits per heavy atom. The van der Waals surface area contributed by atoms with Crippen molar-refractivity contribution in [3.05, 3.63) is 22.5 Å². The zero-order chi connectivity index (χ0) is 10.4. The molecule has 15 heavy (non-hydrogen) atoms. The average molecular weight is 220 g/mol. The van der Waals surface area contributed by atoms with E-state index in [2.05, 4.69) is 23.2 Å². The van der Waals surface area contributed by atoms with Gasteiger partial charge in [0.2, 0.25) is 0 Å². The van der Waals surface area contributed by atoms with Crippen molar-refractivity contribution in [2.45, 2.75) is 45.4 Å². The van der Waals surface area contributed by atoms with Gasteiger partial charge < -0.3 is 0 Å². The summed E-state index contributed by atoms with van der Waals surface area (Å²) in [6.07, 6.45) is 7.25. The lowest BCUT2D eigenvalue weighted by Gasteiger charge is -2.12. The van der Waals surface area contributed by atoms with Crippen LogP contribution >= 0.6 is 11.3 Å². The van der Waals surface area contributed by atoms with Crippen LogP contribution in [0.15, 0.2) is 6.20 Å². The third-order valence-electron chi connectivity index (χ3n) is 3.22. The van der Waals surface area contributed by atoms with E-state index in [9.17, 15) is 0 Å². The van der Waals surface area contributed by atoms with Crippen LogP contribution < -0.4 is 0 Å². The Morgan fingerprint density at radius 2 is 2.13 bits per heavy atom. The monoisotopic (exact) mass is 220 g/mol. The molecule has 3 rings (SSSR count). The Kier molecular flexibility index (Phi) is 2.09. The van der Waals surface area contributed by atoms with Crippen LogP contribution in [0, 0.1) is 0 Å². The number of rotatable bonds is 1. The van der Waals surface area contributed by atoms with Gasteiger partial charge in [-0.3, -0.25) is 4.40 Å². The molecule has 0 unspecified atom stereocenters. The van der Waals surface area contributed by atoms with E-state index in [0.717, 1.165) is 0 Å². The molecule has 0 bridgehead atoms. The van der Waals surface area contributed by atoms with E-state index in [1.165, 1.54) is 36.3 Å². The Bertz CT molecular complexity index is 493. The zero-order valence-corrected chi connectivity index (χ0v) is 10.1. The maximum atomic E-state index is 4.53. The fraction of sp³-hybridized carbons (Fsp3) is 0.583. The second-order valence-electron chi connectivity index (χ2n) is 4.63. The standard InChI is InChI=1S/C12H16N2S/c1-8(2)10-7-13-12-14(10)9-5-3-4-6-11(9)15-12/h7-8H,3-6H2,1-2H3. The largest absolute Gasteiger partial charge is 0.291 e. The normalized spacial score (nSPS) is 16.2. The third kappa shape index (κ3) is 1.33. The molecule has 0 aromatic carbocycles. The lowest BCUT2D eigenvalue weighted by Crippen LogP contribution is -2.05. The fourth-order valence-corrected chi connectivity index (χ4v) is 3.61. The van der Waals surface area contributed by atoms with Crippen LogP contribution in [0.25, 0.3) is 4.96 Å². The second-order valence-corrected chi connectivity index (χ2v) is 5.70. The third-order valence-corrected chi connectivity index (χ3v) is 4.38. The van der Waals surface area contributed by atoms with E-state index in [1.807, 2.05) is 17.5 Å². The Hall–Kier alpha value is -0.830. The molecular weight excluding hydrogens is 204 g/mol. The molecule has 1 aliphatic carbocycles. The average Bonchev–Trinajstić information content (AvgIpc) is 2.74. The van der Waals surface area contributed by atoms with Gasteiger partial charge >= 0.3 is 0 Å². The Morgan fingerprint density at radius 3 is 2.93 bits per heavy atom. The topological polar surface area (TPSA) is 17.3 Å². The maximum absolute atomic E-state index is 4.53. The van der Waals surface area contributed by atoms with E-state index >= 15 is 0 Å². The summed E-state index contributed by atoms with van der Waals surface area (Å²) in [5, 5.41) is 0. The molecule has 2 heterocycles. The predicted molar refractivity (Wildman–Crippen MR) is 63.8 cm³/mol. The molecule has 0 amide bonds. The Balaban J connectivity index is 2.27. The number of nitrogens with zero attached hydrogens (tertiary/aromatic N) is 2. The molecule has 2 aromatic rings. The first-order valence-corrected chi connectivity index (χ1v) is 6.57. The quantitative estimate of drug-likeness (QED) is 0.720. The first-order chi connectivity index (χ1) is 7.27. The second kappa shape index (κ2) is 3.34. The van der Waals surface area contributed by atoms with Gasteiger partial charge in [-0.1, -0.05) is 13.8 Å². The van der Waals surface area contributed by atoms with Crippen molar-refractivity contribution in [1.82, 2.24) is 9.38 Å². The highest BCUT2D eigenvalue weighted by molar-refractivity contribution is 7.17. The van der Waals surface area contributed by atoms with Crippen molar-refractivity contribution in [3.8, 4) is 0 Å². The summed E-state index contributed by atoms with van der Waals surface area (Å²) in [6.45, 7) is 4.49. The molecule has 1 aliphatic rings. The molecule has 0 radical (unpaired) electrons. The highest BCUT2D eigenvalue weighted by Gasteiger charge is 2.19. The van der Waals surface area contributed by atoms with Crippen LogP contribution in [-0.2, 0) is 12.8 Å². The highest BCUT2D eigenvalue weighted by Crippen LogP contribution is 2.32. The van der Waals surface area contributed by atoms with Crippen molar-refractivity contribution in [1.29, 1.82) is 0 Å². The number of thiazole rings is 1. The summed E-state index contributed by atoms with van der Waals surface area (Å²) in [5.74, 6) is 0.570. The van der Waals surface area contributed by atoms with Crippen LogP contribution in [0.4, 0.5) is 0 Å². The van der Waals surface area contributed by atoms with Crippen molar-refractivity contribution in [2.24, 2.45) is 0 Å². The van der Waals surface area contributed by atoms with Gasteiger partial charge in [0.15, 0.2) is 4.96 Å². The minimum Gasteiger partial charge on any atom is -0.291 e. The van der Waals surface area contributed by atoms with E-state index in [1.54, 1.807) is 10.6 Å². The summed E-state index contributed by atoms with van der Waals surface area (Å²) < 4.78 is 2.41. The minimum atomic E-state index is 0.570. The van der Waals surface area contributed by atoms with Gasteiger partial charge in [-0.15, -0.1) is 11.3 Å². The van der Waals surface area contributed by atoms with Gasteiger partial charge in [0.05, 0.1) is 6.20 Å². The molecule has 0 saturated carbocycles. The van der Waals surface area contributed by atoms with Crippen molar-refractivity contribution in [3.63, 3.8) is 0 Å². The van der Waals surface area contributed by atoms with Crippen LogP contribution in [0.2, 0.25) is 0 Å². The number of hydrogen-bond acceptors (Lipinski definition) is 2. The van der Waals surface area contributed by atoms with E-state index in [0.29, 0.717) is 5.92 Å². The highest BCUT2D eigenvalue weighted by atomic mass is 32.1. The molecule has 2 nitrogen and oxygen atoms in total. The van der Waals surface area contributed by atoms with E-state index < -0.39 is 0 Å². The molecule has 80 valence electrons. The maximum Gasteiger partial charge on any atom is 0.194 e. The number of aromatic nitrogens is 2. The first kappa shape index (κ1) is 9.40. The number of imidazole rings is 1. The summed E-state index contributed by atoms with van der Waals surface area (Å²) in [4.78, 5) is 7.30. The molecule has 0 saturated heterocycles. The summed E-state index contributed by atoms with van der Waals surface area (Å²) >= 11 is 1.89. The zero-order valence-electron chi connectivity index (χ0n) is 9.29. The van der Waals surface area contributed by atoms with Crippen LogP contribution in [0.3, 0.4) is 0 Å². The number of fused-ring (bicyclic) bond motifs is 3. The lowest BCUT2D eigenvalue weighted by atomic mass is 10.0. The Labute approximate surface area is 94.0 Å². The van der Waals surface area contributed by atoms with Gasteiger partial charge in [-0.25, -0.2) is 4.98 Å². The van der Waals surface area contributed by atoms with Gasteiger partial charge in [0, 0.05) is 16.3 Å².